The van der Waals surface area contributed by atoms with Crippen molar-refractivity contribution in [2.24, 2.45) is 0 Å². The van der Waals surface area contributed by atoms with Gasteiger partial charge in [-0.05, 0) is 41.8 Å². The smallest absolute Gasteiger partial charge is 0.333 e. The average Bonchev–Trinajstić information content (AvgIpc) is 3.50. The summed E-state index contributed by atoms with van der Waals surface area (Å²) >= 11 is 0. The Kier molecular flexibility index (Phi) is 5.33. The van der Waals surface area contributed by atoms with Gasteiger partial charge < -0.3 is 5.32 Å². The lowest BCUT2D eigenvalue weighted by Gasteiger charge is -2.14. The van der Waals surface area contributed by atoms with Gasteiger partial charge in [0.15, 0.2) is 5.03 Å². The maximum atomic E-state index is 13.7. The number of anilines is 1. The first kappa shape index (κ1) is 22.3. The number of carbonyl (C=O) groups is 1. The highest BCUT2D eigenvalue weighted by Gasteiger charge is 2.30. The molecule has 0 amide bonds. The molecule has 0 unspecified atom stereocenters. The van der Waals surface area contributed by atoms with Gasteiger partial charge in [-0.25, -0.2) is 17.8 Å². The summed E-state index contributed by atoms with van der Waals surface area (Å²) in [5.41, 5.74) is 1.82. The number of fused-ring (bicyclic) bond motifs is 1. The Hall–Kier alpha value is -4.51. The SMILES string of the molecule is O=C(c1ccc([N+](=O)[O-])cc1)n1cc(S(=O)(=O)c2ccc3c(c2-c2ccccc2)CCN3)[nH]c1=O. The monoisotopic (exact) mass is 490 g/mol. The Morgan fingerprint density at radius 2 is 1.71 bits per heavy atom. The molecule has 35 heavy (non-hydrogen) atoms. The van der Waals surface area contributed by atoms with Crippen molar-refractivity contribution in [1.82, 2.24) is 9.55 Å². The molecule has 0 saturated heterocycles. The predicted molar refractivity (Wildman–Crippen MR) is 127 cm³/mol. The van der Waals surface area contributed by atoms with Crippen molar-refractivity contribution in [3.05, 3.63) is 105 Å². The van der Waals surface area contributed by atoms with Gasteiger partial charge in [-0.3, -0.25) is 19.9 Å². The predicted octanol–water partition coefficient (Wildman–Crippen LogP) is 3.24. The zero-order valence-corrected chi connectivity index (χ0v) is 18.9. The van der Waals surface area contributed by atoms with Crippen LogP contribution in [0.2, 0.25) is 0 Å². The molecule has 0 bridgehead atoms. The molecule has 4 aromatic rings. The van der Waals surface area contributed by atoms with Gasteiger partial charge in [-0.2, -0.15) is 0 Å². The van der Waals surface area contributed by atoms with Crippen LogP contribution in [0.15, 0.2) is 87.6 Å². The molecule has 11 heteroatoms. The highest BCUT2D eigenvalue weighted by atomic mass is 32.2. The molecule has 0 fully saturated rings. The summed E-state index contributed by atoms with van der Waals surface area (Å²) in [6.07, 6.45) is 1.58. The lowest BCUT2D eigenvalue weighted by molar-refractivity contribution is -0.384. The van der Waals surface area contributed by atoms with E-state index in [9.17, 15) is 28.1 Å². The second-order valence-corrected chi connectivity index (χ2v) is 9.80. The Morgan fingerprint density at radius 3 is 2.40 bits per heavy atom. The number of imidazole rings is 1. The fourth-order valence-corrected chi connectivity index (χ4v) is 5.62. The van der Waals surface area contributed by atoms with Crippen LogP contribution < -0.4 is 11.0 Å². The number of benzene rings is 3. The summed E-state index contributed by atoms with van der Waals surface area (Å²) in [7, 11) is -4.22. The van der Waals surface area contributed by atoms with E-state index in [1.54, 1.807) is 6.07 Å². The highest BCUT2D eigenvalue weighted by Crippen LogP contribution is 2.39. The fraction of sp³-hybridized carbons (Fsp3) is 0.0833. The van der Waals surface area contributed by atoms with E-state index in [-0.39, 0.29) is 16.1 Å². The van der Waals surface area contributed by atoms with Gasteiger partial charge in [0.2, 0.25) is 9.84 Å². The summed E-state index contributed by atoms with van der Waals surface area (Å²) < 4.78 is 28.0. The first-order chi connectivity index (χ1) is 16.8. The summed E-state index contributed by atoms with van der Waals surface area (Å²) in [5.74, 6) is -0.816. The van der Waals surface area contributed by atoms with Crippen molar-refractivity contribution < 1.29 is 18.1 Å². The van der Waals surface area contributed by atoms with Crippen LogP contribution in [0.1, 0.15) is 15.9 Å². The molecule has 2 N–H and O–H groups in total. The van der Waals surface area contributed by atoms with Crippen LogP contribution in [0.3, 0.4) is 0 Å². The molecule has 1 aliphatic heterocycles. The average molecular weight is 490 g/mol. The fourth-order valence-electron chi connectivity index (χ4n) is 4.16. The van der Waals surface area contributed by atoms with Gasteiger partial charge in [0.05, 0.1) is 16.0 Å². The van der Waals surface area contributed by atoms with Crippen molar-refractivity contribution >= 4 is 27.1 Å². The van der Waals surface area contributed by atoms with Gasteiger partial charge in [0.25, 0.3) is 11.6 Å². The van der Waals surface area contributed by atoms with Crippen LogP contribution in [-0.2, 0) is 16.3 Å². The maximum Gasteiger partial charge on any atom is 0.333 e. The number of aromatic amines is 1. The number of carbonyl (C=O) groups excluding carboxylic acids is 1. The third kappa shape index (κ3) is 3.81. The number of hydrogen-bond donors (Lipinski definition) is 2. The summed E-state index contributed by atoms with van der Waals surface area (Å²) in [4.78, 5) is 37.9. The first-order valence-electron chi connectivity index (χ1n) is 10.6. The highest BCUT2D eigenvalue weighted by molar-refractivity contribution is 7.91. The third-order valence-electron chi connectivity index (χ3n) is 5.85. The lowest BCUT2D eigenvalue weighted by atomic mass is 9.98. The number of nitrogens with one attached hydrogen (secondary N) is 2. The minimum Gasteiger partial charge on any atom is -0.384 e. The van der Waals surface area contributed by atoms with Gasteiger partial charge in [-0.15, -0.1) is 0 Å². The number of aromatic nitrogens is 2. The zero-order chi connectivity index (χ0) is 24.7. The standard InChI is InChI=1S/C24H18N4O6S/c29-23(16-6-8-17(9-7-16)28(31)32)27-14-21(26-24(27)30)35(33,34)20-11-10-19-18(12-13-25-19)22(20)15-4-2-1-3-5-15/h1-11,14,25H,12-13H2,(H,26,30). The van der Waals surface area contributed by atoms with E-state index in [4.69, 9.17) is 0 Å². The minimum absolute atomic E-state index is 0.00534. The molecule has 0 spiro atoms. The minimum atomic E-state index is -4.22. The van der Waals surface area contributed by atoms with Crippen LogP contribution in [-0.4, -0.2) is 35.3 Å². The van der Waals surface area contributed by atoms with E-state index in [1.165, 1.54) is 18.2 Å². The first-order valence-corrected chi connectivity index (χ1v) is 12.1. The molecule has 2 heterocycles. The van der Waals surface area contributed by atoms with E-state index in [2.05, 4.69) is 10.3 Å². The van der Waals surface area contributed by atoms with Gasteiger partial charge in [-0.1, -0.05) is 30.3 Å². The lowest BCUT2D eigenvalue weighted by Crippen LogP contribution is -2.24. The molecule has 10 nitrogen and oxygen atoms in total. The summed E-state index contributed by atoms with van der Waals surface area (Å²) in [6.45, 7) is 0.676. The number of sulfone groups is 1. The second kappa shape index (κ2) is 8.37. The number of nitro groups is 1. The van der Waals surface area contributed by atoms with Crippen LogP contribution in [0.5, 0.6) is 0 Å². The van der Waals surface area contributed by atoms with Crippen LogP contribution >= 0.6 is 0 Å². The van der Waals surface area contributed by atoms with E-state index < -0.39 is 31.4 Å². The van der Waals surface area contributed by atoms with Gasteiger partial charge >= 0.3 is 5.69 Å². The summed E-state index contributed by atoms with van der Waals surface area (Å²) in [5, 5.41) is 13.7. The number of nitro benzene ring substituents is 1. The summed E-state index contributed by atoms with van der Waals surface area (Å²) in [6, 6.07) is 17.0. The number of nitrogens with zero attached hydrogens (tertiary/aromatic N) is 2. The van der Waals surface area contributed by atoms with Crippen LogP contribution in [0.25, 0.3) is 11.1 Å². The molecular formula is C24H18N4O6S. The largest absolute Gasteiger partial charge is 0.384 e. The quantitative estimate of drug-likeness (QED) is 0.323. The molecule has 0 aliphatic carbocycles. The number of rotatable bonds is 5. The normalized spacial score (nSPS) is 12.7. The molecular weight excluding hydrogens is 472 g/mol. The zero-order valence-electron chi connectivity index (χ0n) is 18.1. The van der Waals surface area contributed by atoms with Crippen LogP contribution in [0, 0.1) is 10.1 Å². The Morgan fingerprint density at radius 1 is 1.00 bits per heavy atom. The van der Waals surface area contributed by atoms with E-state index in [0.29, 0.717) is 23.1 Å². The topological polar surface area (TPSA) is 144 Å². The van der Waals surface area contributed by atoms with Gasteiger partial charge in [0, 0.05) is 35.5 Å². The number of hydrogen-bond acceptors (Lipinski definition) is 7. The van der Waals surface area contributed by atoms with E-state index in [1.807, 2.05) is 30.3 Å². The van der Waals surface area contributed by atoms with Crippen molar-refractivity contribution in [2.75, 3.05) is 11.9 Å². The van der Waals surface area contributed by atoms with Crippen molar-refractivity contribution in [2.45, 2.75) is 16.3 Å². The molecule has 3 aromatic carbocycles. The number of H-pyrrole nitrogens is 1. The second-order valence-electron chi connectivity index (χ2n) is 7.91. The molecule has 176 valence electrons. The molecule has 1 aromatic heterocycles. The van der Waals surface area contributed by atoms with Crippen molar-refractivity contribution in [3.8, 4) is 11.1 Å². The third-order valence-corrected chi connectivity index (χ3v) is 7.55. The maximum absolute atomic E-state index is 13.7. The number of non-ortho nitro benzene ring substituents is 1. The van der Waals surface area contributed by atoms with Crippen molar-refractivity contribution in [3.63, 3.8) is 0 Å². The van der Waals surface area contributed by atoms with E-state index in [0.717, 1.165) is 35.1 Å². The molecule has 0 atom stereocenters. The Balaban J connectivity index is 1.60. The molecule has 5 rings (SSSR count). The Labute approximate surface area is 198 Å². The molecule has 0 saturated carbocycles. The molecule has 0 radical (unpaired) electrons. The van der Waals surface area contributed by atoms with E-state index >= 15 is 0 Å². The van der Waals surface area contributed by atoms with Crippen molar-refractivity contribution in [1.29, 1.82) is 0 Å². The Bertz CT molecular complexity index is 1640. The molecule has 1 aliphatic rings. The van der Waals surface area contributed by atoms with Gasteiger partial charge in [0.1, 0.15) is 0 Å². The van der Waals surface area contributed by atoms with Crippen LogP contribution in [0.4, 0.5) is 11.4 Å².